The summed E-state index contributed by atoms with van der Waals surface area (Å²) in [4.78, 5) is 8.19. The van der Waals surface area contributed by atoms with Crippen molar-refractivity contribution in [1.29, 1.82) is 0 Å². The van der Waals surface area contributed by atoms with Crippen LogP contribution in [0.15, 0.2) is 85.6 Å². The van der Waals surface area contributed by atoms with Crippen LogP contribution in [0.25, 0.3) is 28.1 Å². The van der Waals surface area contributed by atoms with E-state index in [1.165, 1.54) is 12.1 Å². The van der Waals surface area contributed by atoms with Gasteiger partial charge in [0.05, 0.1) is 5.69 Å². The maximum Gasteiger partial charge on any atom is 0.123 e. The van der Waals surface area contributed by atoms with Crippen LogP contribution in [0.1, 0.15) is 0 Å². The standard InChI is InChI=1S/C20H14FN3/c21-17-3-1-15(2-4-17)19-9-14-24(18-7-12-23-13-8-18)20(19)16-5-10-22-11-6-16/h1-14H. The maximum atomic E-state index is 13.3. The molecule has 0 spiro atoms. The molecule has 0 unspecified atom stereocenters. The number of hydrogen-bond acceptors (Lipinski definition) is 2. The summed E-state index contributed by atoms with van der Waals surface area (Å²) in [5.41, 5.74) is 5.11. The fourth-order valence-corrected chi connectivity index (χ4v) is 2.82. The van der Waals surface area contributed by atoms with Crippen LogP contribution in [0.4, 0.5) is 4.39 Å². The molecular formula is C20H14FN3. The minimum Gasteiger partial charge on any atom is -0.316 e. The van der Waals surface area contributed by atoms with Gasteiger partial charge in [-0.25, -0.2) is 4.39 Å². The van der Waals surface area contributed by atoms with E-state index in [1.54, 1.807) is 36.9 Å². The van der Waals surface area contributed by atoms with Crippen molar-refractivity contribution in [3.8, 4) is 28.1 Å². The fourth-order valence-electron chi connectivity index (χ4n) is 2.82. The molecule has 0 aliphatic heterocycles. The predicted octanol–water partition coefficient (Wildman–Crippen LogP) is 4.74. The molecule has 1 aromatic carbocycles. The number of aromatic nitrogens is 3. The third-order valence-electron chi connectivity index (χ3n) is 3.94. The summed E-state index contributed by atoms with van der Waals surface area (Å²) in [5.74, 6) is -0.238. The van der Waals surface area contributed by atoms with Crippen molar-refractivity contribution in [3.63, 3.8) is 0 Å². The Labute approximate surface area is 139 Å². The number of nitrogens with zero attached hydrogens (tertiary/aromatic N) is 3. The van der Waals surface area contributed by atoms with Gasteiger partial charge in [-0.2, -0.15) is 0 Å². The van der Waals surface area contributed by atoms with Crippen LogP contribution >= 0.6 is 0 Å². The minimum absolute atomic E-state index is 0.238. The highest BCUT2D eigenvalue weighted by Gasteiger charge is 2.14. The molecule has 3 nitrogen and oxygen atoms in total. The van der Waals surface area contributed by atoms with Crippen molar-refractivity contribution in [2.75, 3.05) is 0 Å². The van der Waals surface area contributed by atoms with Gasteiger partial charge >= 0.3 is 0 Å². The smallest absolute Gasteiger partial charge is 0.123 e. The second-order valence-electron chi connectivity index (χ2n) is 5.40. The summed E-state index contributed by atoms with van der Waals surface area (Å²) in [7, 11) is 0. The number of hydrogen-bond donors (Lipinski definition) is 0. The second-order valence-corrected chi connectivity index (χ2v) is 5.40. The molecule has 0 saturated heterocycles. The number of pyridine rings is 2. The Bertz CT molecular complexity index is 945. The molecule has 0 amide bonds. The van der Waals surface area contributed by atoms with Crippen molar-refractivity contribution in [2.24, 2.45) is 0 Å². The summed E-state index contributed by atoms with van der Waals surface area (Å²) < 4.78 is 15.4. The highest BCUT2D eigenvalue weighted by Crippen LogP contribution is 2.34. The Morgan fingerprint density at radius 1 is 0.667 bits per heavy atom. The lowest BCUT2D eigenvalue weighted by molar-refractivity contribution is 0.628. The van der Waals surface area contributed by atoms with E-state index in [0.717, 1.165) is 28.1 Å². The molecule has 24 heavy (non-hydrogen) atoms. The first-order valence-electron chi connectivity index (χ1n) is 7.61. The maximum absolute atomic E-state index is 13.3. The van der Waals surface area contributed by atoms with E-state index in [4.69, 9.17) is 0 Å². The van der Waals surface area contributed by atoms with Crippen LogP contribution in [0.3, 0.4) is 0 Å². The lowest BCUT2D eigenvalue weighted by atomic mass is 10.0. The summed E-state index contributed by atoms with van der Waals surface area (Å²) in [6, 6.07) is 16.5. The first kappa shape index (κ1) is 14.3. The SMILES string of the molecule is Fc1ccc(-c2ccn(-c3ccncc3)c2-c2ccncc2)cc1. The minimum atomic E-state index is -0.238. The fraction of sp³-hybridized carbons (Fsp3) is 0. The molecule has 3 heterocycles. The quantitative estimate of drug-likeness (QED) is 0.546. The molecule has 0 fully saturated rings. The molecule has 4 heteroatoms. The molecule has 0 saturated carbocycles. The normalized spacial score (nSPS) is 10.7. The Balaban J connectivity index is 1.95. The molecule has 0 aliphatic rings. The van der Waals surface area contributed by atoms with E-state index in [1.807, 2.05) is 36.5 Å². The molecule has 4 rings (SSSR count). The van der Waals surface area contributed by atoms with Crippen LogP contribution in [-0.4, -0.2) is 14.5 Å². The van der Waals surface area contributed by atoms with Gasteiger partial charge < -0.3 is 4.57 Å². The third-order valence-corrected chi connectivity index (χ3v) is 3.94. The molecule has 0 bridgehead atoms. The highest BCUT2D eigenvalue weighted by molar-refractivity contribution is 5.82. The van der Waals surface area contributed by atoms with Gasteiger partial charge in [0.15, 0.2) is 0 Å². The number of benzene rings is 1. The van der Waals surface area contributed by atoms with Crippen molar-refractivity contribution in [3.05, 3.63) is 91.4 Å². The van der Waals surface area contributed by atoms with Crippen molar-refractivity contribution >= 4 is 0 Å². The van der Waals surface area contributed by atoms with E-state index in [2.05, 4.69) is 14.5 Å². The van der Waals surface area contributed by atoms with E-state index in [0.29, 0.717) is 0 Å². The monoisotopic (exact) mass is 315 g/mol. The van der Waals surface area contributed by atoms with Crippen LogP contribution in [0, 0.1) is 5.82 Å². The number of halogens is 1. The third kappa shape index (κ3) is 2.58. The van der Waals surface area contributed by atoms with Crippen molar-refractivity contribution in [1.82, 2.24) is 14.5 Å². The lowest BCUT2D eigenvalue weighted by Crippen LogP contribution is -1.96. The average Bonchev–Trinajstić information content (AvgIpc) is 3.09. The number of rotatable bonds is 3. The zero-order valence-electron chi connectivity index (χ0n) is 12.8. The Morgan fingerprint density at radius 3 is 1.96 bits per heavy atom. The van der Waals surface area contributed by atoms with E-state index in [-0.39, 0.29) is 5.82 Å². The molecule has 0 radical (unpaired) electrons. The van der Waals surface area contributed by atoms with Crippen molar-refractivity contribution < 1.29 is 4.39 Å². The summed E-state index contributed by atoms with van der Waals surface area (Å²) >= 11 is 0. The van der Waals surface area contributed by atoms with E-state index >= 15 is 0 Å². The zero-order valence-corrected chi connectivity index (χ0v) is 12.8. The van der Waals surface area contributed by atoms with Gasteiger partial charge in [0.2, 0.25) is 0 Å². The van der Waals surface area contributed by atoms with Crippen LogP contribution < -0.4 is 0 Å². The lowest BCUT2D eigenvalue weighted by Gasteiger charge is -2.12. The van der Waals surface area contributed by atoms with E-state index in [9.17, 15) is 4.39 Å². The highest BCUT2D eigenvalue weighted by atomic mass is 19.1. The van der Waals surface area contributed by atoms with E-state index < -0.39 is 0 Å². The molecule has 0 aliphatic carbocycles. The van der Waals surface area contributed by atoms with Gasteiger partial charge in [-0.3, -0.25) is 9.97 Å². The molecule has 0 N–H and O–H groups in total. The van der Waals surface area contributed by atoms with Gasteiger partial charge in [-0.15, -0.1) is 0 Å². The Morgan fingerprint density at radius 2 is 1.29 bits per heavy atom. The second kappa shape index (κ2) is 6.08. The van der Waals surface area contributed by atoms with Gasteiger partial charge in [-0.1, -0.05) is 12.1 Å². The van der Waals surface area contributed by atoms with Gasteiger partial charge in [0, 0.05) is 47.8 Å². The van der Waals surface area contributed by atoms with Gasteiger partial charge in [-0.05, 0) is 48.0 Å². The first-order valence-corrected chi connectivity index (χ1v) is 7.61. The molecule has 4 aromatic rings. The van der Waals surface area contributed by atoms with Crippen LogP contribution in [0.2, 0.25) is 0 Å². The summed E-state index contributed by atoms with van der Waals surface area (Å²) in [6.45, 7) is 0. The predicted molar refractivity (Wildman–Crippen MR) is 92.2 cm³/mol. The molecule has 3 aromatic heterocycles. The summed E-state index contributed by atoms with van der Waals surface area (Å²) in [6.07, 6.45) is 9.09. The molecule has 116 valence electrons. The van der Waals surface area contributed by atoms with Crippen LogP contribution in [0.5, 0.6) is 0 Å². The Hall–Kier alpha value is -3.27. The zero-order chi connectivity index (χ0) is 16.4. The van der Waals surface area contributed by atoms with Crippen molar-refractivity contribution in [2.45, 2.75) is 0 Å². The summed E-state index contributed by atoms with van der Waals surface area (Å²) in [5, 5.41) is 0. The van der Waals surface area contributed by atoms with Gasteiger partial charge in [0.1, 0.15) is 5.82 Å². The first-order chi connectivity index (χ1) is 11.8. The van der Waals surface area contributed by atoms with Gasteiger partial charge in [0.25, 0.3) is 0 Å². The topological polar surface area (TPSA) is 30.7 Å². The molecular weight excluding hydrogens is 301 g/mol. The van der Waals surface area contributed by atoms with Crippen LogP contribution in [-0.2, 0) is 0 Å². The Kier molecular flexibility index (Phi) is 3.63. The average molecular weight is 315 g/mol. The molecule has 0 atom stereocenters. The largest absolute Gasteiger partial charge is 0.316 e.